The number of benzene rings is 1. The van der Waals surface area contributed by atoms with Gasteiger partial charge >= 0.3 is 0 Å². The normalized spacial score (nSPS) is 15.8. The fraction of sp³-hybridized carbons (Fsp3) is 0.542. The van der Waals surface area contributed by atoms with Gasteiger partial charge in [-0.15, -0.1) is 16.8 Å². The van der Waals surface area contributed by atoms with Crippen LogP contribution in [0.15, 0.2) is 35.8 Å². The molecule has 0 spiro atoms. The number of aliphatic imine (C=N–C) groups is 1. The van der Waals surface area contributed by atoms with Crippen molar-refractivity contribution in [1.29, 1.82) is 0 Å². The Labute approximate surface area is 191 Å². The SMILES string of the molecule is C=CCNC(=NCc1nnc(C)n1C)NCC1(c2ccc(OC)c(OC)c2)CCCCC1. The Morgan fingerprint density at radius 1 is 1.16 bits per heavy atom. The Morgan fingerprint density at radius 3 is 2.53 bits per heavy atom. The van der Waals surface area contributed by atoms with E-state index in [9.17, 15) is 0 Å². The van der Waals surface area contributed by atoms with E-state index in [1.807, 2.05) is 30.7 Å². The van der Waals surface area contributed by atoms with E-state index in [2.05, 4.69) is 39.5 Å². The van der Waals surface area contributed by atoms with Crippen molar-refractivity contribution in [3.63, 3.8) is 0 Å². The molecule has 8 heteroatoms. The first-order valence-corrected chi connectivity index (χ1v) is 11.2. The summed E-state index contributed by atoms with van der Waals surface area (Å²) in [5.41, 5.74) is 1.28. The van der Waals surface area contributed by atoms with Gasteiger partial charge in [0.15, 0.2) is 23.3 Å². The fourth-order valence-corrected chi connectivity index (χ4v) is 4.30. The average Bonchev–Trinajstić information content (AvgIpc) is 3.15. The number of methoxy groups -OCH3 is 2. The first kappa shape index (κ1) is 23.6. The first-order valence-electron chi connectivity index (χ1n) is 11.2. The molecule has 0 aliphatic heterocycles. The van der Waals surface area contributed by atoms with E-state index in [1.54, 1.807) is 14.2 Å². The van der Waals surface area contributed by atoms with Crippen LogP contribution in [0.1, 0.15) is 49.3 Å². The van der Waals surface area contributed by atoms with Crippen molar-refractivity contribution >= 4 is 5.96 Å². The van der Waals surface area contributed by atoms with Gasteiger partial charge < -0.3 is 24.7 Å². The Bertz CT molecular complexity index is 931. The minimum Gasteiger partial charge on any atom is -0.493 e. The van der Waals surface area contributed by atoms with Gasteiger partial charge in [0.2, 0.25) is 0 Å². The number of hydrogen-bond acceptors (Lipinski definition) is 5. The van der Waals surface area contributed by atoms with Crippen LogP contribution < -0.4 is 20.1 Å². The van der Waals surface area contributed by atoms with E-state index in [0.29, 0.717) is 13.1 Å². The van der Waals surface area contributed by atoms with E-state index in [0.717, 1.165) is 48.5 Å². The summed E-state index contributed by atoms with van der Waals surface area (Å²) in [6.07, 6.45) is 7.76. The fourth-order valence-electron chi connectivity index (χ4n) is 4.30. The molecular formula is C24H36N6O2. The third kappa shape index (κ3) is 5.41. The van der Waals surface area contributed by atoms with E-state index in [1.165, 1.54) is 24.8 Å². The summed E-state index contributed by atoms with van der Waals surface area (Å²) in [5.74, 6) is 3.97. The second-order valence-corrected chi connectivity index (χ2v) is 8.32. The maximum Gasteiger partial charge on any atom is 0.191 e. The Balaban J connectivity index is 1.82. The number of guanidine groups is 1. The lowest BCUT2D eigenvalue weighted by Gasteiger charge is -2.38. The highest BCUT2D eigenvalue weighted by atomic mass is 16.5. The van der Waals surface area contributed by atoms with Crippen LogP contribution in [0.4, 0.5) is 0 Å². The average molecular weight is 441 g/mol. The predicted octanol–water partition coefficient (Wildman–Crippen LogP) is 3.26. The summed E-state index contributed by atoms with van der Waals surface area (Å²) in [6.45, 7) is 7.62. The van der Waals surface area contributed by atoms with Crippen molar-refractivity contribution in [2.24, 2.45) is 12.0 Å². The molecule has 1 fully saturated rings. The lowest BCUT2D eigenvalue weighted by atomic mass is 9.69. The number of ether oxygens (including phenoxy) is 2. The van der Waals surface area contributed by atoms with Crippen molar-refractivity contribution in [2.75, 3.05) is 27.3 Å². The molecule has 1 aromatic heterocycles. The molecule has 8 nitrogen and oxygen atoms in total. The van der Waals surface area contributed by atoms with Crippen LogP contribution in [0, 0.1) is 6.92 Å². The molecular weight excluding hydrogens is 404 g/mol. The zero-order chi connectivity index (χ0) is 23.0. The van der Waals surface area contributed by atoms with Crippen LogP contribution in [0.5, 0.6) is 11.5 Å². The zero-order valence-electron chi connectivity index (χ0n) is 19.8. The van der Waals surface area contributed by atoms with Crippen LogP contribution in [0.25, 0.3) is 0 Å². The van der Waals surface area contributed by atoms with Crippen LogP contribution in [0.2, 0.25) is 0 Å². The summed E-state index contributed by atoms with van der Waals surface area (Å²) >= 11 is 0. The van der Waals surface area contributed by atoms with Crippen LogP contribution in [0.3, 0.4) is 0 Å². The van der Waals surface area contributed by atoms with Gasteiger partial charge in [-0.05, 0) is 37.5 Å². The minimum atomic E-state index is 0.00972. The summed E-state index contributed by atoms with van der Waals surface area (Å²) in [7, 11) is 5.31. The summed E-state index contributed by atoms with van der Waals surface area (Å²) in [6, 6.07) is 6.30. The van der Waals surface area contributed by atoms with E-state index in [4.69, 9.17) is 14.5 Å². The number of rotatable bonds is 9. The van der Waals surface area contributed by atoms with Crippen LogP contribution in [-0.4, -0.2) is 48.0 Å². The molecule has 1 aromatic carbocycles. The standard InChI is InChI=1S/C24H36N6O2/c1-6-14-25-23(26-16-22-29-28-18(2)30(22)3)27-17-24(12-8-7-9-13-24)19-10-11-20(31-4)21(15-19)32-5/h6,10-11,15H,1,7-9,12-14,16-17H2,2-5H3,(H2,25,26,27). The number of aromatic nitrogens is 3. The molecule has 174 valence electrons. The van der Waals surface area contributed by atoms with E-state index >= 15 is 0 Å². The molecule has 2 aromatic rings. The number of nitrogens with zero attached hydrogens (tertiary/aromatic N) is 4. The van der Waals surface area contributed by atoms with Gasteiger partial charge in [0.05, 0.1) is 14.2 Å². The third-order valence-electron chi connectivity index (χ3n) is 6.38. The monoisotopic (exact) mass is 440 g/mol. The minimum absolute atomic E-state index is 0.00972. The summed E-state index contributed by atoms with van der Waals surface area (Å²) in [4.78, 5) is 4.75. The molecule has 0 bridgehead atoms. The Morgan fingerprint density at radius 2 is 1.91 bits per heavy atom. The second-order valence-electron chi connectivity index (χ2n) is 8.32. The number of nitrogens with one attached hydrogen (secondary N) is 2. The quantitative estimate of drug-likeness (QED) is 0.354. The Hall–Kier alpha value is -3.03. The van der Waals surface area contributed by atoms with E-state index in [-0.39, 0.29) is 5.41 Å². The topological polar surface area (TPSA) is 85.6 Å². The van der Waals surface area contributed by atoms with Gasteiger partial charge in [-0.25, -0.2) is 4.99 Å². The van der Waals surface area contributed by atoms with Crippen molar-refractivity contribution < 1.29 is 9.47 Å². The summed E-state index contributed by atoms with van der Waals surface area (Å²) < 4.78 is 13.0. The van der Waals surface area contributed by atoms with Crippen LogP contribution >= 0.6 is 0 Å². The van der Waals surface area contributed by atoms with Gasteiger partial charge in [-0.1, -0.05) is 31.4 Å². The molecule has 1 aliphatic rings. The highest BCUT2D eigenvalue weighted by Crippen LogP contribution is 2.42. The largest absolute Gasteiger partial charge is 0.493 e. The number of hydrogen-bond donors (Lipinski definition) is 2. The lowest BCUT2D eigenvalue weighted by Crippen LogP contribution is -2.46. The molecule has 1 saturated carbocycles. The van der Waals surface area contributed by atoms with Gasteiger partial charge in [-0.3, -0.25) is 0 Å². The molecule has 3 rings (SSSR count). The molecule has 0 atom stereocenters. The van der Waals surface area contributed by atoms with Crippen molar-refractivity contribution in [2.45, 2.75) is 51.0 Å². The molecule has 0 radical (unpaired) electrons. The maximum atomic E-state index is 5.58. The highest BCUT2D eigenvalue weighted by Gasteiger charge is 2.34. The zero-order valence-corrected chi connectivity index (χ0v) is 19.8. The maximum absolute atomic E-state index is 5.58. The number of aryl methyl sites for hydroxylation is 1. The highest BCUT2D eigenvalue weighted by molar-refractivity contribution is 5.80. The van der Waals surface area contributed by atoms with Crippen LogP contribution in [-0.2, 0) is 19.0 Å². The summed E-state index contributed by atoms with van der Waals surface area (Å²) in [5, 5.41) is 15.3. The van der Waals surface area contributed by atoms with Crippen molar-refractivity contribution in [3.8, 4) is 11.5 Å². The molecule has 32 heavy (non-hydrogen) atoms. The predicted molar refractivity (Wildman–Crippen MR) is 127 cm³/mol. The Kier molecular flexibility index (Phi) is 8.14. The molecule has 0 amide bonds. The third-order valence-corrected chi connectivity index (χ3v) is 6.38. The van der Waals surface area contributed by atoms with Crippen molar-refractivity contribution in [1.82, 2.24) is 25.4 Å². The van der Waals surface area contributed by atoms with Gasteiger partial charge in [0.1, 0.15) is 12.4 Å². The van der Waals surface area contributed by atoms with Gasteiger partial charge in [-0.2, -0.15) is 0 Å². The molecule has 0 unspecified atom stereocenters. The molecule has 0 saturated heterocycles. The molecule has 1 heterocycles. The second kappa shape index (κ2) is 11.0. The lowest BCUT2D eigenvalue weighted by molar-refractivity contribution is 0.288. The van der Waals surface area contributed by atoms with E-state index < -0.39 is 0 Å². The first-order chi connectivity index (χ1) is 15.5. The van der Waals surface area contributed by atoms with Gasteiger partial charge in [0.25, 0.3) is 0 Å². The molecule has 1 aliphatic carbocycles. The smallest absolute Gasteiger partial charge is 0.191 e. The van der Waals surface area contributed by atoms with Crippen molar-refractivity contribution in [3.05, 3.63) is 48.1 Å². The van der Waals surface area contributed by atoms with Gasteiger partial charge in [0, 0.05) is 25.6 Å². The molecule has 2 N–H and O–H groups in total.